The fourth-order valence-corrected chi connectivity index (χ4v) is 2.97. The third-order valence-corrected chi connectivity index (χ3v) is 4.13. The summed E-state index contributed by atoms with van der Waals surface area (Å²) in [4.78, 5) is 13.0. The standard InChI is InChI=1S/C18H20N2O3/c21-20(22)18-11-5-4-10-17(18)19-12-6-9-16(13-19)23-14-15-7-2-1-3-8-15/h1-5,7-8,10-11,16H,6,9,12-14H2. The number of rotatable bonds is 5. The first kappa shape index (κ1) is 15.5. The lowest BCUT2D eigenvalue weighted by Crippen LogP contribution is -2.39. The molecule has 1 aliphatic rings. The van der Waals surface area contributed by atoms with Gasteiger partial charge in [-0.1, -0.05) is 42.5 Å². The van der Waals surface area contributed by atoms with Gasteiger partial charge in [0, 0.05) is 19.2 Å². The molecule has 1 heterocycles. The minimum absolute atomic E-state index is 0.101. The quantitative estimate of drug-likeness (QED) is 0.623. The number of hydrogen-bond acceptors (Lipinski definition) is 4. The summed E-state index contributed by atoms with van der Waals surface area (Å²) < 4.78 is 6.01. The fraction of sp³-hybridized carbons (Fsp3) is 0.333. The van der Waals surface area contributed by atoms with Crippen molar-refractivity contribution in [2.45, 2.75) is 25.6 Å². The molecule has 1 unspecified atom stereocenters. The lowest BCUT2D eigenvalue weighted by Gasteiger charge is -2.34. The number of piperidine rings is 1. The van der Waals surface area contributed by atoms with Gasteiger partial charge < -0.3 is 9.64 Å². The molecule has 1 aliphatic heterocycles. The first-order chi connectivity index (χ1) is 11.2. The van der Waals surface area contributed by atoms with Crippen LogP contribution in [0.5, 0.6) is 0 Å². The lowest BCUT2D eigenvalue weighted by molar-refractivity contribution is -0.384. The van der Waals surface area contributed by atoms with Crippen molar-refractivity contribution >= 4 is 11.4 Å². The van der Waals surface area contributed by atoms with Gasteiger partial charge in [-0.25, -0.2) is 0 Å². The van der Waals surface area contributed by atoms with E-state index in [1.807, 2.05) is 42.5 Å². The summed E-state index contributed by atoms with van der Waals surface area (Å²) in [5, 5.41) is 11.2. The second-order valence-corrected chi connectivity index (χ2v) is 5.75. The zero-order valence-corrected chi connectivity index (χ0v) is 12.9. The van der Waals surface area contributed by atoms with Gasteiger partial charge >= 0.3 is 0 Å². The number of ether oxygens (including phenoxy) is 1. The maximum absolute atomic E-state index is 11.2. The first-order valence-corrected chi connectivity index (χ1v) is 7.88. The topological polar surface area (TPSA) is 55.6 Å². The van der Waals surface area contributed by atoms with Gasteiger partial charge in [-0.15, -0.1) is 0 Å². The molecule has 2 aromatic rings. The Morgan fingerprint density at radius 2 is 1.87 bits per heavy atom. The van der Waals surface area contributed by atoms with Gasteiger partial charge in [0.1, 0.15) is 5.69 Å². The maximum Gasteiger partial charge on any atom is 0.292 e. The van der Waals surface area contributed by atoms with Crippen molar-refractivity contribution in [3.8, 4) is 0 Å². The van der Waals surface area contributed by atoms with Crippen LogP contribution < -0.4 is 4.90 Å². The van der Waals surface area contributed by atoms with Crippen molar-refractivity contribution in [3.05, 3.63) is 70.3 Å². The molecule has 1 saturated heterocycles. The van der Waals surface area contributed by atoms with Crippen LogP contribution in [-0.2, 0) is 11.3 Å². The molecule has 0 aliphatic carbocycles. The Labute approximate surface area is 135 Å². The minimum atomic E-state index is -0.316. The number of nitro groups is 1. The van der Waals surface area contributed by atoms with Gasteiger partial charge in [0.05, 0.1) is 17.6 Å². The van der Waals surface area contributed by atoms with E-state index in [0.29, 0.717) is 18.8 Å². The molecule has 0 bridgehead atoms. The Kier molecular flexibility index (Phi) is 4.88. The van der Waals surface area contributed by atoms with Crippen LogP contribution in [0.4, 0.5) is 11.4 Å². The Bertz CT molecular complexity index is 660. The van der Waals surface area contributed by atoms with E-state index in [4.69, 9.17) is 4.74 Å². The number of para-hydroxylation sites is 2. The molecule has 0 aromatic heterocycles. The van der Waals surface area contributed by atoms with Crippen LogP contribution in [0.25, 0.3) is 0 Å². The Morgan fingerprint density at radius 3 is 2.65 bits per heavy atom. The van der Waals surface area contributed by atoms with Crippen molar-refractivity contribution in [2.24, 2.45) is 0 Å². The van der Waals surface area contributed by atoms with E-state index in [1.54, 1.807) is 12.1 Å². The van der Waals surface area contributed by atoms with Crippen LogP contribution in [0.2, 0.25) is 0 Å². The summed E-state index contributed by atoms with van der Waals surface area (Å²) in [5.41, 5.74) is 2.00. The second-order valence-electron chi connectivity index (χ2n) is 5.75. The molecule has 120 valence electrons. The van der Waals surface area contributed by atoms with Crippen molar-refractivity contribution in [1.29, 1.82) is 0 Å². The van der Waals surface area contributed by atoms with Crippen LogP contribution >= 0.6 is 0 Å². The van der Waals surface area contributed by atoms with E-state index in [1.165, 1.54) is 0 Å². The van der Waals surface area contributed by atoms with Gasteiger partial charge in [0.15, 0.2) is 0 Å². The molecule has 0 radical (unpaired) electrons. The van der Waals surface area contributed by atoms with Gasteiger partial charge in [-0.3, -0.25) is 10.1 Å². The molecular weight excluding hydrogens is 292 g/mol. The Hall–Kier alpha value is -2.40. The third kappa shape index (κ3) is 3.87. The lowest BCUT2D eigenvalue weighted by atomic mass is 10.1. The summed E-state index contributed by atoms with van der Waals surface area (Å²) in [6.07, 6.45) is 2.07. The molecule has 2 aromatic carbocycles. The number of hydrogen-bond donors (Lipinski definition) is 0. The van der Waals surface area contributed by atoms with Gasteiger partial charge in [0.2, 0.25) is 0 Å². The Balaban J connectivity index is 1.65. The van der Waals surface area contributed by atoms with E-state index in [2.05, 4.69) is 4.90 Å². The minimum Gasteiger partial charge on any atom is -0.372 e. The number of nitro benzene ring substituents is 1. The number of benzene rings is 2. The van der Waals surface area contributed by atoms with E-state index in [9.17, 15) is 10.1 Å². The van der Waals surface area contributed by atoms with Crippen molar-refractivity contribution in [1.82, 2.24) is 0 Å². The fourth-order valence-electron chi connectivity index (χ4n) is 2.97. The predicted molar refractivity (Wildman–Crippen MR) is 89.6 cm³/mol. The number of nitrogens with zero attached hydrogens (tertiary/aromatic N) is 2. The maximum atomic E-state index is 11.2. The van der Waals surface area contributed by atoms with Crippen LogP contribution in [0.3, 0.4) is 0 Å². The monoisotopic (exact) mass is 312 g/mol. The van der Waals surface area contributed by atoms with Gasteiger partial charge in [0.25, 0.3) is 5.69 Å². The smallest absolute Gasteiger partial charge is 0.292 e. The van der Waals surface area contributed by atoms with Gasteiger partial charge in [-0.05, 0) is 24.5 Å². The molecular formula is C18H20N2O3. The molecule has 0 saturated carbocycles. The Morgan fingerprint density at radius 1 is 1.13 bits per heavy atom. The van der Waals surface area contributed by atoms with E-state index in [-0.39, 0.29) is 16.7 Å². The normalized spacial score (nSPS) is 17.9. The second kappa shape index (κ2) is 7.24. The van der Waals surface area contributed by atoms with Crippen LogP contribution in [-0.4, -0.2) is 24.1 Å². The molecule has 23 heavy (non-hydrogen) atoms. The zero-order valence-electron chi connectivity index (χ0n) is 12.9. The average molecular weight is 312 g/mol. The highest BCUT2D eigenvalue weighted by atomic mass is 16.6. The summed E-state index contributed by atoms with van der Waals surface area (Å²) in [6.45, 7) is 2.10. The largest absolute Gasteiger partial charge is 0.372 e. The van der Waals surface area contributed by atoms with Crippen LogP contribution in [0.15, 0.2) is 54.6 Å². The van der Waals surface area contributed by atoms with Crippen molar-refractivity contribution < 1.29 is 9.66 Å². The molecule has 0 spiro atoms. The van der Waals surface area contributed by atoms with Crippen molar-refractivity contribution in [3.63, 3.8) is 0 Å². The molecule has 1 fully saturated rings. The highest BCUT2D eigenvalue weighted by Gasteiger charge is 2.25. The van der Waals surface area contributed by atoms with Crippen molar-refractivity contribution in [2.75, 3.05) is 18.0 Å². The molecule has 5 nitrogen and oxygen atoms in total. The third-order valence-electron chi connectivity index (χ3n) is 4.13. The number of anilines is 1. The summed E-state index contributed by atoms with van der Waals surface area (Å²) >= 11 is 0. The average Bonchev–Trinajstić information content (AvgIpc) is 2.61. The summed E-state index contributed by atoms with van der Waals surface area (Å²) in [7, 11) is 0. The molecule has 0 N–H and O–H groups in total. The summed E-state index contributed by atoms with van der Waals surface area (Å²) in [5.74, 6) is 0. The molecule has 1 atom stereocenters. The van der Waals surface area contributed by atoms with E-state index < -0.39 is 0 Å². The highest BCUT2D eigenvalue weighted by Crippen LogP contribution is 2.30. The highest BCUT2D eigenvalue weighted by molar-refractivity contribution is 5.63. The van der Waals surface area contributed by atoms with E-state index >= 15 is 0 Å². The summed E-state index contributed by atoms with van der Waals surface area (Å²) in [6, 6.07) is 17.0. The van der Waals surface area contributed by atoms with Crippen LogP contribution in [0, 0.1) is 10.1 Å². The molecule has 5 heteroatoms. The molecule has 3 rings (SSSR count). The zero-order chi connectivity index (χ0) is 16.1. The van der Waals surface area contributed by atoms with Gasteiger partial charge in [-0.2, -0.15) is 0 Å². The van der Waals surface area contributed by atoms with E-state index in [0.717, 1.165) is 24.9 Å². The predicted octanol–water partition coefficient (Wildman–Crippen LogP) is 3.78. The first-order valence-electron chi connectivity index (χ1n) is 7.88. The SMILES string of the molecule is O=[N+]([O-])c1ccccc1N1CCCC(OCc2ccccc2)C1. The van der Waals surface area contributed by atoms with Crippen LogP contribution in [0.1, 0.15) is 18.4 Å². The molecule has 0 amide bonds.